The minimum atomic E-state index is -0.301. The van der Waals surface area contributed by atoms with Crippen molar-refractivity contribution in [2.24, 2.45) is 7.05 Å². The van der Waals surface area contributed by atoms with E-state index in [4.69, 9.17) is 4.74 Å². The van der Waals surface area contributed by atoms with E-state index in [-0.39, 0.29) is 11.9 Å². The molecule has 0 atom stereocenters. The van der Waals surface area contributed by atoms with Crippen molar-refractivity contribution >= 4 is 17.6 Å². The topological polar surface area (TPSA) is 63.6 Å². The molecule has 0 saturated heterocycles. The summed E-state index contributed by atoms with van der Waals surface area (Å²) in [4.78, 5) is 26.5. The standard InChI is InChI=1S/C22H31N3O3/c1-7-28-22(27)21-15(2)19(25(6)16(21)3)12-13-20(26)23-14-17-8-10-18(11-9-17)24(4)5/h8-11H,7,12-14H2,1-6H3,(H,23,26). The number of benzene rings is 1. The molecule has 1 aromatic heterocycles. The summed E-state index contributed by atoms with van der Waals surface area (Å²) < 4.78 is 7.14. The molecule has 6 nitrogen and oxygen atoms in total. The number of hydrogen-bond donors (Lipinski definition) is 1. The Morgan fingerprint density at radius 1 is 1.14 bits per heavy atom. The van der Waals surface area contributed by atoms with Crippen molar-refractivity contribution in [1.82, 2.24) is 9.88 Å². The van der Waals surface area contributed by atoms with Gasteiger partial charge in [0.1, 0.15) is 0 Å². The molecule has 0 saturated carbocycles. The number of ether oxygens (including phenoxy) is 1. The zero-order chi connectivity index (χ0) is 20.8. The maximum atomic E-state index is 12.3. The highest BCUT2D eigenvalue weighted by Gasteiger charge is 2.22. The van der Waals surface area contributed by atoms with E-state index < -0.39 is 0 Å². The maximum Gasteiger partial charge on any atom is 0.340 e. The number of anilines is 1. The van der Waals surface area contributed by atoms with Crippen LogP contribution in [0.5, 0.6) is 0 Å². The van der Waals surface area contributed by atoms with Crippen LogP contribution in [0.25, 0.3) is 0 Å². The molecule has 1 amide bonds. The fourth-order valence-corrected chi connectivity index (χ4v) is 3.33. The molecule has 1 aromatic carbocycles. The minimum absolute atomic E-state index is 0.00683. The second kappa shape index (κ2) is 9.44. The predicted molar refractivity (Wildman–Crippen MR) is 112 cm³/mol. The minimum Gasteiger partial charge on any atom is -0.462 e. The molecular formula is C22H31N3O3. The van der Waals surface area contributed by atoms with Gasteiger partial charge in [-0.25, -0.2) is 4.79 Å². The van der Waals surface area contributed by atoms with E-state index in [0.29, 0.717) is 31.6 Å². The molecule has 0 bridgehead atoms. The van der Waals surface area contributed by atoms with Crippen molar-refractivity contribution in [2.75, 3.05) is 25.6 Å². The molecule has 0 unspecified atom stereocenters. The SMILES string of the molecule is CCOC(=O)c1c(C)c(CCC(=O)NCc2ccc(N(C)C)cc2)n(C)c1C. The monoisotopic (exact) mass is 385 g/mol. The maximum absolute atomic E-state index is 12.3. The molecule has 6 heteroatoms. The number of esters is 1. The van der Waals surface area contributed by atoms with Gasteiger partial charge in [-0.3, -0.25) is 4.79 Å². The molecule has 2 rings (SSSR count). The summed E-state index contributed by atoms with van der Waals surface area (Å²) >= 11 is 0. The van der Waals surface area contributed by atoms with Crippen molar-refractivity contribution in [2.45, 2.75) is 40.2 Å². The Morgan fingerprint density at radius 2 is 1.79 bits per heavy atom. The van der Waals surface area contributed by atoms with Crippen molar-refractivity contribution in [1.29, 1.82) is 0 Å². The molecule has 0 aliphatic carbocycles. The summed E-state index contributed by atoms with van der Waals surface area (Å²) in [6.45, 7) is 6.47. The molecule has 0 spiro atoms. The molecule has 1 N–H and O–H groups in total. The molecule has 0 radical (unpaired) electrons. The molecule has 152 valence electrons. The Labute approximate surface area is 167 Å². The van der Waals surface area contributed by atoms with Gasteiger partial charge in [0.25, 0.3) is 0 Å². The number of rotatable bonds is 8. The Morgan fingerprint density at radius 3 is 2.36 bits per heavy atom. The van der Waals surface area contributed by atoms with Gasteiger partial charge in [-0.15, -0.1) is 0 Å². The third-order valence-electron chi connectivity index (χ3n) is 5.09. The fraction of sp³-hybridized carbons (Fsp3) is 0.455. The van der Waals surface area contributed by atoms with Crippen LogP contribution in [0.4, 0.5) is 5.69 Å². The van der Waals surface area contributed by atoms with Gasteiger partial charge in [-0.1, -0.05) is 12.1 Å². The van der Waals surface area contributed by atoms with Gasteiger partial charge in [0.05, 0.1) is 12.2 Å². The van der Waals surface area contributed by atoms with Crippen LogP contribution in [-0.4, -0.2) is 37.1 Å². The van der Waals surface area contributed by atoms with Crippen molar-refractivity contribution < 1.29 is 14.3 Å². The molecule has 2 aromatic rings. The van der Waals surface area contributed by atoms with Crippen LogP contribution >= 0.6 is 0 Å². The summed E-state index contributed by atoms with van der Waals surface area (Å²) in [5, 5.41) is 2.97. The van der Waals surface area contributed by atoms with Crippen LogP contribution in [0.15, 0.2) is 24.3 Å². The first-order valence-electron chi connectivity index (χ1n) is 9.61. The average Bonchev–Trinajstić information content (AvgIpc) is 2.87. The van der Waals surface area contributed by atoms with E-state index in [9.17, 15) is 9.59 Å². The summed E-state index contributed by atoms with van der Waals surface area (Å²) in [6, 6.07) is 8.11. The highest BCUT2D eigenvalue weighted by atomic mass is 16.5. The number of carbonyl (C=O) groups is 2. The van der Waals surface area contributed by atoms with Crippen LogP contribution in [0.1, 0.15) is 46.2 Å². The third-order valence-corrected chi connectivity index (χ3v) is 5.09. The van der Waals surface area contributed by atoms with Gasteiger partial charge >= 0.3 is 5.97 Å². The Balaban J connectivity index is 1.95. The lowest BCUT2D eigenvalue weighted by atomic mass is 10.1. The van der Waals surface area contributed by atoms with Crippen molar-refractivity contribution in [3.8, 4) is 0 Å². The van der Waals surface area contributed by atoms with Crippen LogP contribution in [0, 0.1) is 13.8 Å². The van der Waals surface area contributed by atoms with Gasteiger partial charge in [0.15, 0.2) is 0 Å². The zero-order valence-corrected chi connectivity index (χ0v) is 17.8. The van der Waals surface area contributed by atoms with E-state index in [0.717, 1.165) is 28.2 Å². The van der Waals surface area contributed by atoms with E-state index in [1.54, 1.807) is 6.92 Å². The fourth-order valence-electron chi connectivity index (χ4n) is 3.33. The van der Waals surface area contributed by atoms with Gasteiger partial charge in [0.2, 0.25) is 5.91 Å². The lowest BCUT2D eigenvalue weighted by Gasteiger charge is -2.13. The normalized spacial score (nSPS) is 10.6. The molecule has 0 aliphatic heterocycles. The van der Waals surface area contributed by atoms with Crippen LogP contribution in [0.2, 0.25) is 0 Å². The first-order valence-corrected chi connectivity index (χ1v) is 9.61. The average molecular weight is 386 g/mol. The number of hydrogen-bond acceptors (Lipinski definition) is 4. The van der Waals surface area contributed by atoms with Crippen molar-refractivity contribution in [3.05, 3.63) is 52.3 Å². The lowest BCUT2D eigenvalue weighted by Crippen LogP contribution is -2.23. The summed E-state index contributed by atoms with van der Waals surface area (Å²) in [6.07, 6.45) is 0.949. The number of nitrogens with zero attached hydrogens (tertiary/aromatic N) is 2. The highest BCUT2D eigenvalue weighted by Crippen LogP contribution is 2.23. The summed E-state index contributed by atoms with van der Waals surface area (Å²) in [5.74, 6) is -0.308. The van der Waals surface area contributed by atoms with Gasteiger partial charge in [-0.2, -0.15) is 0 Å². The third kappa shape index (κ3) is 4.94. The van der Waals surface area contributed by atoms with E-state index in [1.807, 2.05) is 68.7 Å². The molecule has 0 fully saturated rings. The quantitative estimate of drug-likeness (QED) is 0.709. The van der Waals surface area contributed by atoms with Crippen LogP contribution in [0.3, 0.4) is 0 Å². The predicted octanol–water partition coefficient (Wildman–Crippen LogP) is 3.13. The highest BCUT2D eigenvalue weighted by molar-refractivity contribution is 5.93. The Hall–Kier alpha value is -2.76. The van der Waals surface area contributed by atoms with E-state index >= 15 is 0 Å². The van der Waals surface area contributed by atoms with Gasteiger partial charge < -0.3 is 19.5 Å². The van der Waals surface area contributed by atoms with Crippen LogP contribution < -0.4 is 10.2 Å². The smallest absolute Gasteiger partial charge is 0.340 e. The largest absolute Gasteiger partial charge is 0.462 e. The molecule has 28 heavy (non-hydrogen) atoms. The molecular weight excluding hydrogens is 354 g/mol. The summed E-state index contributed by atoms with van der Waals surface area (Å²) in [7, 11) is 5.92. The number of aromatic nitrogens is 1. The van der Waals surface area contributed by atoms with Gasteiger partial charge in [-0.05, 0) is 50.5 Å². The second-order valence-electron chi connectivity index (χ2n) is 7.15. The number of carbonyl (C=O) groups excluding carboxylic acids is 2. The lowest BCUT2D eigenvalue weighted by molar-refractivity contribution is -0.121. The molecule has 0 aliphatic rings. The molecule has 1 heterocycles. The number of amides is 1. The zero-order valence-electron chi connectivity index (χ0n) is 17.8. The number of nitrogens with one attached hydrogen (secondary N) is 1. The summed E-state index contributed by atoms with van der Waals surface area (Å²) in [5.41, 5.74) is 5.56. The first-order chi connectivity index (χ1) is 13.3. The van der Waals surface area contributed by atoms with E-state index in [1.165, 1.54) is 0 Å². The van der Waals surface area contributed by atoms with E-state index in [2.05, 4.69) is 5.32 Å². The Bertz CT molecular complexity index is 836. The van der Waals surface area contributed by atoms with Gasteiger partial charge in [0, 0.05) is 51.2 Å². The van der Waals surface area contributed by atoms with Crippen molar-refractivity contribution in [3.63, 3.8) is 0 Å². The first kappa shape index (κ1) is 21.5. The second-order valence-corrected chi connectivity index (χ2v) is 7.15. The Kier molecular flexibility index (Phi) is 7.26. The van der Waals surface area contributed by atoms with Crippen LogP contribution in [-0.2, 0) is 29.5 Å².